The Bertz CT molecular complexity index is 1130. The van der Waals surface area contributed by atoms with Gasteiger partial charge in [0.15, 0.2) is 10.2 Å². The molecule has 0 aliphatic carbocycles. The molecule has 0 atom stereocenters. The van der Waals surface area contributed by atoms with Crippen molar-refractivity contribution < 1.29 is 0 Å². The minimum atomic E-state index is 0.818. The Morgan fingerprint density at radius 1 is 0.846 bits per heavy atom. The highest BCUT2D eigenvalue weighted by molar-refractivity contribution is 8.01. The van der Waals surface area contributed by atoms with E-state index in [1.54, 1.807) is 34.4 Å². The van der Waals surface area contributed by atoms with Gasteiger partial charge in [-0.1, -0.05) is 36.4 Å². The number of hydrogen-bond donors (Lipinski definition) is 0. The Labute approximate surface area is 162 Å². The molecule has 0 saturated carbocycles. The third kappa shape index (κ3) is 2.84. The van der Waals surface area contributed by atoms with E-state index in [1.807, 2.05) is 42.5 Å². The van der Waals surface area contributed by atoms with Crippen LogP contribution in [0.3, 0.4) is 0 Å². The number of benzene rings is 2. The maximum absolute atomic E-state index is 4.72. The normalized spacial score (nSPS) is 11.2. The van der Waals surface area contributed by atoms with E-state index in [0.29, 0.717) is 0 Å². The topological polar surface area (TPSA) is 43.6 Å². The summed E-state index contributed by atoms with van der Waals surface area (Å²) in [6.45, 7) is 0. The fourth-order valence-electron chi connectivity index (χ4n) is 2.68. The standard InChI is InChI=1S/C19H12N4S3/c1-2-7-13(8-3-1)23-17(16-11-6-12-24-16)21-22-18(23)26-19-20-14-9-4-5-10-15(14)25-19/h1-12H. The number of hydrogen-bond acceptors (Lipinski definition) is 6. The Kier molecular flexibility index (Phi) is 4.05. The monoisotopic (exact) mass is 392 g/mol. The molecule has 0 amide bonds. The Morgan fingerprint density at radius 2 is 1.69 bits per heavy atom. The highest BCUT2D eigenvalue weighted by atomic mass is 32.2. The molecule has 0 aliphatic heterocycles. The minimum absolute atomic E-state index is 0.818. The molecule has 0 spiro atoms. The second-order valence-corrected chi connectivity index (χ2v) is 8.70. The van der Waals surface area contributed by atoms with Crippen LogP contribution >= 0.6 is 34.4 Å². The average molecular weight is 393 g/mol. The van der Waals surface area contributed by atoms with Crippen molar-refractivity contribution >= 4 is 44.7 Å². The van der Waals surface area contributed by atoms with Gasteiger partial charge in [-0.05, 0) is 47.5 Å². The van der Waals surface area contributed by atoms with Crippen LogP contribution < -0.4 is 0 Å². The third-order valence-electron chi connectivity index (χ3n) is 3.84. The van der Waals surface area contributed by atoms with E-state index in [2.05, 4.69) is 44.4 Å². The average Bonchev–Trinajstić information content (AvgIpc) is 3.41. The molecule has 2 aromatic carbocycles. The molecule has 3 heterocycles. The SMILES string of the molecule is c1ccc(-n2c(Sc3nc4ccccc4s3)nnc2-c2cccs2)cc1. The second-order valence-electron chi connectivity index (χ2n) is 5.50. The summed E-state index contributed by atoms with van der Waals surface area (Å²) in [5, 5.41) is 11.8. The zero-order valence-corrected chi connectivity index (χ0v) is 15.9. The lowest BCUT2D eigenvalue weighted by Gasteiger charge is -2.08. The number of thiazole rings is 1. The van der Waals surface area contributed by atoms with Crippen LogP contribution in [0.2, 0.25) is 0 Å². The summed E-state index contributed by atoms with van der Waals surface area (Å²) >= 11 is 4.89. The number of aromatic nitrogens is 4. The first-order valence-electron chi connectivity index (χ1n) is 7.96. The Balaban J connectivity index is 1.62. The van der Waals surface area contributed by atoms with E-state index in [1.165, 1.54) is 4.70 Å². The van der Waals surface area contributed by atoms with Gasteiger partial charge in [0, 0.05) is 5.69 Å². The van der Waals surface area contributed by atoms with Crippen molar-refractivity contribution in [3.8, 4) is 16.4 Å². The van der Waals surface area contributed by atoms with Crippen molar-refractivity contribution in [3.05, 3.63) is 72.1 Å². The van der Waals surface area contributed by atoms with Crippen LogP contribution in [0.1, 0.15) is 0 Å². The Hall–Kier alpha value is -2.48. The molecule has 3 aromatic heterocycles. The van der Waals surface area contributed by atoms with E-state index in [9.17, 15) is 0 Å². The molecule has 0 aliphatic rings. The molecular weight excluding hydrogens is 380 g/mol. The van der Waals surface area contributed by atoms with E-state index in [-0.39, 0.29) is 0 Å². The van der Waals surface area contributed by atoms with E-state index in [4.69, 9.17) is 4.98 Å². The molecule has 0 unspecified atom stereocenters. The zero-order valence-electron chi connectivity index (χ0n) is 13.4. The van der Waals surface area contributed by atoms with Crippen LogP contribution in [0, 0.1) is 0 Å². The molecule has 26 heavy (non-hydrogen) atoms. The maximum Gasteiger partial charge on any atom is 0.203 e. The van der Waals surface area contributed by atoms with Gasteiger partial charge < -0.3 is 0 Å². The van der Waals surface area contributed by atoms with Gasteiger partial charge >= 0.3 is 0 Å². The van der Waals surface area contributed by atoms with Gasteiger partial charge in [0.05, 0.1) is 15.1 Å². The largest absolute Gasteiger partial charge is 0.269 e. The fraction of sp³-hybridized carbons (Fsp3) is 0. The summed E-state index contributed by atoms with van der Waals surface area (Å²) in [6.07, 6.45) is 0. The molecule has 0 radical (unpaired) electrons. The molecule has 0 bridgehead atoms. The first-order chi connectivity index (χ1) is 12.9. The lowest BCUT2D eigenvalue weighted by molar-refractivity contribution is 0.886. The third-order valence-corrected chi connectivity index (χ3v) is 6.75. The quantitative estimate of drug-likeness (QED) is 0.390. The van der Waals surface area contributed by atoms with Crippen LogP contribution in [-0.4, -0.2) is 19.7 Å². The van der Waals surface area contributed by atoms with Gasteiger partial charge in [-0.15, -0.1) is 32.9 Å². The van der Waals surface area contributed by atoms with Crippen LogP contribution in [0.4, 0.5) is 0 Å². The second kappa shape index (κ2) is 6.68. The number of rotatable bonds is 4. The van der Waals surface area contributed by atoms with Gasteiger partial charge in [0.1, 0.15) is 0 Å². The lowest BCUT2D eigenvalue weighted by atomic mass is 10.3. The highest BCUT2D eigenvalue weighted by Gasteiger charge is 2.18. The van der Waals surface area contributed by atoms with E-state index < -0.39 is 0 Å². The van der Waals surface area contributed by atoms with E-state index >= 15 is 0 Å². The summed E-state index contributed by atoms with van der Waals surface area (Å²) in [7, 11) is 0. The molecule has 0 fully saturated rings. The van der Waals surface area contributed by atoms with Crippen molar-refractivity contribution in [2.45, 2.75) is 9.50 Å². The Morgan fingerprint density at radius 3 is 2.50 bits per heavy atom. The maximum atomic E-state index is 4.72. The van der Waals surface area contributed by atoms with Gasteiger partial charge in [-0.3, -0.25) is 4.57 Å². The first kappa shape index (κ1) is 15.7. The number of nitrogens with zero attached hydrogens (tertiary/aromatic N) is 4. The highest BCUT2D eigenvalue weighted by Crippen LogP contribution is 2.36. The molecular formula is C19H12N4S3. The zero-order chi connectivity index (χ0) is 17.3. The summed E-state index contributed by atoms with van der Waals surface area (Å²) < 4.78 is 4.25. The van der Waals surface area contributed by atoms with Crippen LogP contribution in [-0.2, 0) is 0 Å². The summed E-state index contributed by atoms with van der Waals surface area (Å²) in [5.74, 6) is 0.856. The summed E-state index contributed by atoms with van der Waals surface area (Å²) in [5.41, 5.74) is 2.06. The van der Waals surface area contributed by atoms with Crippen molar-refractivity contribution in [1.82, 2.24) is 19.7 Å². The predicted octanol–water partition coefficient (Wildman–Crippen LogP) is 5.76. The fourth-order valence-corrected chi connectivity index (χ4v) is 5.40. The van der Waals surface area contributed by atoms with E-state index in [0.717, 1.165) is 31.4 Å². The van der Waals surface area contributed by atoms with Gasteiger partial charge in [-0.2, -0.15) is 0 Å². The predicted molar refractivity (Wildman–Crippen MR) is 108 cm³/mol. The molecule has 4 nitrogen and oxygen atoms in total. The molecule has 0 N–H and O–H groups in total. The summed E-state index contributed by atoms with van der Waals surface area (Å²) in [4.78, 5) is 5.81. The minimum Gasteiger partial charge on any atom is -0.269 e. The van der Waals surface area contributed by atoms with Crippen molar-refractivity contribution in [1.29, 1.82) is 0 Å². The molecule has 7 heteroatoms. The lowest BCUT2D eigenvalue weighted by Crippen LogP contribution is -1.98. The van der Waals surface area contributed by atoms with Crippen LogP contribution in [0.25, 0.3) is 26.6 Å². The summed E-state index contributed by atoms with van der Waals surface area (Å²) in [6, 6.07) is 22.5. The first-order valence-corrected chi connectivity index (χ1v) is 10.5. The number of thiophene rings is 1. The molecule has 5 rings (SSSR count). The van der Waals surface area contributed by atoms with Crippen molar-refractivity contribution in [2.75, 3.05) is 0 Å². The molecule has 126 valence electrons. The number of para-hydroxylation sites is 2. The van der Waals surface area contributed by atoms with Gasteiger partial charge in [0.25, 0.3) is 0 Å². The van der Waals surface area contributed by atoms with Crippen LogP contribution in [0.15, 0.2) is 81.6 Å². The van der Waals surface area contributed by atoms with Crippen molar-refractivity contribution in [2.24, 2.45) is 0 Å². The molecule has 0 saturated heterocycles. The van der Waals surface area contributed by atoms with Gasteiger partial charge in [-0.25, -0.2) is 4.98 Å². The van der Waals surface area contributed by atoms with Crippen LogP contribution in [0.5, 0.6) is 0 Å². The van der Waals surface area contributed by atoms with Crippen molar-refractivity contribution in [3.63, 3.8) is 0 Å². The molecule has 5 aromatic rings. The smallest absolute Gasteiger partial charge is 0.203 e. The number of fused-ring (bicyclic) bond motifs is 1. The van der Waals surface area contributed by atoms with Gasteiger partial charge in [0.2, 0.25) is 5.16 Å².